The van der Waals surface area contributed by atoms with Crippen LogP contribution in [-0.2, 0) is 22.6 Å². The molecule has 6 nitrogen and oxygen atoms in total. The van der Waals surface area contributed by atoms with Crippen LogP contribution < -0.4 is 14.8 Å². The molecule has 3 rings (SSSR count). The van der Waals surface area contributed by atoms with Gasteiger partial charge in [0.1, 0.15) is 6.04 Å². The fourth-order valence-electron chi connectivity index (χ4n) is 3.71. The Hall–Kier alpha value is -2.44. The Morgan fingerprint density at radius 3 is 2.42 bits per heavy atom. The molecule has 1 heterocycles. The molecule has 0 fully saturated rings. The van der Waals surface area contributed by atoms with Crippen LogP contribution in [-0.4, -0.2) is 35.6 Å². The minimum Gasteiger partial charge on any atom is -0.454 e. The Morgan fingerprint density at radius 2 is 1.76 bits per heavy atom. The standard InChI is InChI=1S/C25H30Cl2N2O4/c1-4-16(3)28-25(31)21(5-2)29(14-18-19(26)7-6-8-20(18)27)24(30)12-10-17-9-11-22-23(13-17)33-15-32-22/h6-9,11,13,16,21H,4-5,10,12,14-15H2,1-3H3,(H,28,31)/t16-,21+/m0/s1. The summed E-state index contributed by atoms with van der Waals surface area (Å²) in [5, 5.41) is 3.94. The van der Waals surface area contributed by atoms with E-state index >= 15 is 0 Å². The Balaban J connectivity index is 1.81. The van der Waals surface area contributed by atoms with Crippen molar-refractivity contribution in [1.29, 1.82) is 0 Å². The number of hydrogen-bond donors (Lipinski definition) is 1. The summed E-state index contributed by atoms with van der Waals surface area (Å²) in [5.74, 6) is 1.06. The number of amides is 2. The number of carbonyl (C=O) groups excluding carboxylic acids is 2. The SMILES string of the molecule is CC[C@H](C(=O)N[C@@H](C)CC)N(Cc1c(Cl)cccc1Cl)C(=O)CCc1ccc2c(c1)OCO2. The van der Waals surface area contributed by atoms with Crippen molar-refractivity contribution in [2.24, 2.45) is 0 Å². The molecule has 0 radical (unpaired) electrons. The van der Waals surface area contributed by atoms with Gasteiger partial charge < -0.3 is 19.7 Å². The van der Waals surface area contributed by atoms with Gasteiger partial charge in [-0.15, -0.1) is 0 Å². The number of ether oxygens (including phenoxy) is 2. The van der Waals surface area contributed by atoms with Gasteiger partial charge in [0.2, 0.25) is 18.6 Å². The van der Waals surface area contributed by atoms with Crippen LogP contribution >= 0.6 is 23.2 Å². The summed E-state index contributed by atoms with van der Waals surface area (Å²) < 4.78 is 10.8. The Kier molecular flexibility index (Phi) is 8.87. The lowest BCUT2D eigenvalue weighted by Crippen LogP contribution is -2.50. The third-order valence-corrected chi connectivity index (χ3v) is 6.55. The number of halogens is 2. The maximum absolute atomic E-state index is 13.4. The highest BCUT2D eigenvalue weighted by atomic mass is 35.5. The van der Waals surface area contributed by atoms with E-state index in [0.29, 0.717) is 39.9 Å². The van der Waals surface area contributed by atoms with Crippen molar-refractivity contribution in [3.05, 3.63) is 57.6 Å². The molecule has 2 aromatic rings. The molecule has 1 N–H and O–H groups in total. The molecular formula is C25H30Cl2N2O4. The molecule has 0 saturated carbocycles. The second-order valence-electron chi connectivity index (χ2n) is 8.15. The summed E-state index contributed by atoms with van der Waals surface area (Å²) in [7, 11) is 0. The average Bonchev–Trinajstić information content (AvgIpc) is 3.27. The van der Waals surface area contributed by atoms with Crippen molar-refractivity contribution in [2.75, 3.05) is 6.79 Å². The molecule has 2 atom stereocenters. The van der Waals surface area contributed by atoms with Gasteiger partial charge >= 0.3 is 0 Å². The van der Waals surface area contributed by atoms with E-state index in [-0.39, 0.29) is 37.6 Å². The van der Waals surface area contributed by atoms with Crippen LogP contribution in [0.4, 0.5) is 0 Å². The number of fused-ring (bicyclic) bond motifs is 1. The third kappa shape index (κ3) is 6.33. The van der Waals surface area contributed by atoms with Crippen molar-refractivity contribution in [3.63, 3.8) is 0 Å². The first-order valence-corrected chi connectivity index (χ1v) is 12.0. The lowest BCUT2D eigenvalue weighted by Gasteiger charge is -2.32. The molecule has 0 spiro atoms. The van der Waals surface area contributed by atoms with Crippen LogP contribution in [0.1, 0.15) is 51.2 Å². The molecule has 33 heavy (non-hydrogen) atoms. The summed E-state index contributed by atoms with van der Waals surface area (Å²) in [6, 6.07) is 10.3. The molecule has 2 aromatic carbocycles. The Labute approximate surface area is 205 Å². The number of nitrogens with zero attached hydrogens (tertiary/aromatic N) is 1. The maximum atomic E-state index is 13.4. The van der Waals surface area contributed by atoms with Crippen LogP contribution in [0.2, 0.25) is 10.0 Å². The lowest BCUT2D eigenvalue weighted by atomic mass is 10.1. The van der Waals surface area contributed by atoms with Crippen molar-refractivity contribution in [3.8, 4) is 11.5 Å². The van der Waals surface area contributed by atoms with E-state index in [2.05, 4.69) is 5.32 Å². The van der Waals surface area contributed by atoms with E-state index < -0.39 is 6.04 Å². The first-order valence-electron chi connectivity index (χ1n) is 11.2. The second-order valence-corrected chi connectivity index (χ2v) is 8.97. The molecular weight excluding hydrogens is 463 g/mol. The molecule has 1 aliphatic heterocycles. The van der Waals surface area contributed by atoms with Gasteiger partial charge in [-0.2, -0.15) is 0 Å². The smallest absolute Gasteiger partial charge is 0.243 e. The van der Waals surface area contributed by atoms with Crippen LogP contribution in [0.15, 0.2) is 36.4 Å². The van der Waals surface area contributed by atoms with Gasteiger partial charge in [0.15, 0.2) is 11.5 Å². The zero-order valence-electron chi connectivity index (χ0n) is 19.2. The van der Waals surface area contributed by atoms with E-state index in [9.17, 15) is 9.59 Å². The second kappa shape index (κ2) is 11.6. The van der Waals surface area contributed by atoms with Crippen LogP contribution in [0.25, 0.3) is 0 Å². The lowest BCUT2D eigenvalue weighted by molar-refractivity contribution is -0.141. The summed E-state index contributed by atoms with van der Waals surface area (Å²) in [4.78, 5) is 28.1. The van der Waals surface area contributed by atoms with E-state index in [1.54, 1.807) is 23.1 Å². The Bertz CT molecular complexity index is 978. The van der Waals surface area contributed by atoms with E-state index in [0.717, 1.165) is 12.0 Å². The molecule has 0 aromatic heterocycles. The molecule has 0 bridgehead atoms. The fraction of sp³-hybridized carbons (Fsp3) is 0.440. The van der Waals surface area contributed by atoms with Gasteiger partial charge in [-0.25, -0.2) is 0 Å². The summed E-state index contributed by atoms with van der Waals surface area (Å²) in [6.45, 7) is 6.21. The van der Waals surface area contributed by atoms with Crippen LogP contribution in [0, 0.1) is 0 Å². The average molecular weight is 493 g/mol. The minimum atomic E-state index is -0.629. The third-order valence-electron chi connectivity index (χ3n) is 5.84. The van der Waals surface area contributed by atoms with Crippen molar-refractivity contribution >= 4 is 35.0 Å². The first kappa shape index (κ1) is 25.2. The number of carbonyl (C=O) groups is 2. The largest absolute Gasteiger partial charge is 0.454 e. The maximum Gasteiger partial charge on any atom is 0.243 e. The molecule has 0 aliphatic carbocycles. The van der Waals surface area contributed by atoms with E-state index in [4.69, 9.17) is 32.7 Å². The number of aryl methyl sites for hydroxylation is 1. The molecule has 1 aliphatic rings. The van der Waals surface area contributed by atoms with E-state index in [1.165, 1.54) is 0 Å². The highest BCUT2D eigenvalue weighted by Crippen LogP contribution is 2.33. The Morgan fingerprint density at radius 1 is 1.06 bits per heavy atom. The van der Waals surface area contributed by atoms with Gasteiger partial charge in [-0.3, -0.25) is 9.59 Å². The number of rotatable bonds is 10. The number of hydrogen-bond acceptors (Lipinski definition) is 4. The zero-order valence-corrected chi connectivity index (χ0v) is 20.7. The highest BCUT2D eigenvalue weighted by Gasteiger charge is 2.30. The monoisotopic (exact) mass is 492 g/mol. The topological polar surface area (TPSA) is 67.9 Å². The van der Waals surface area contributed by atoms with Gasteiger partial charge in [-0.1, -0.05) is 49.2 Å². The predicted molar refractivity (Wildman–Crippen MR) is 130 cm³/mol. The minimum absolute atomic E-state index is 0.0148. The predicted octanol–water partition coefficient (Wildman–Crippen LogP) is 5.38. The summed E-state index contributed by atoms with van der Waals surface area (Å²) >= 11 is 12.8. The number of nitrogens with one attached hydrogen (secondary N) is 1. The van der Waals surface area contributed by atoms with Gasteiger partial charge in [0.05, 0.1) is 0 Å². The number of benzene rings is 2. The van der Waals surface area contributed by atoms with Gasteiger partial charge in [0.25, 0.3) is 0 Å². The van der Waals surface area contributed by atoms with E-state index in [1.807, 2.05) is 39.0 Å². The van der Waals surface area contributed by atoms with Crippen LogP contribution in [0.3, 0.4) is 0 Å². The molecule has 2 amide bonds. The molecule has 0 saturated heterocycles. The highest BCUT2D eigenvalue weighted by molar-refractivity contribution is 6.36. The van der Waals surface area contributed by atoms with Gasteiger partial charge in [-0.05, 0) is 56.0 Å². The van der Waals surface area contributed by atoms with Crippen molar-refractivity contribution < 1.29 is 19.1 Å². The summed E-state index contributed by atoms with van der Waals surface area (Å²) in [5.41, 5.74) is 1.59. The molecule has 0 unspecified atom stereocenters. The normalized spacial score (nSPS) is 14.0. The summed E-state index contributed by atoms with van der Waals surface area (Å²) in [6.07, 6.45) is 2.01. The fourth-order valence-corrected chi connectivity index (χ4v) is 4.22. The quantitative estimate of drug-likeness (QED) is 0.483. The van der Waals surface area contributed by atoms with Crippen molar-refractivity contribution in [2.45, 2.75) is 65.1 Å². The zero-order chi connectivity index (χ0) is 24.0. The van der Waals surface area contributed by atoms with Crippen molar-refractivity contribution in [1.82, 2.24) is 10.2 Å². The van der Waals surface area contributed by atoms with Gasteiger partial charge in [0, 0.05) is 34.6 Å². The molecule has 8 heteroatoms. The molecule has 178 valence electrons. The van der Waals surface area contributed by atoms with Crippen LogP contribution in [0.5, 0.6) is 11.5 Å². The first-order chi connectivity index (χ1) is 15.8.